The number of fused-ring (bicyclic) bond motifs is 1. The van der Waals surface area contributed by atoms with Crippen molar-refractivity contribution in [2.75, 3.05) is 5.32 Å². The Kier molecular flexibility index (Phi) is 6.63. The second-order valence-corrected chi connectivity index (χ2v) is 8.97. The predicted molar refractivity (Wildman–Crippen MR) is 129 cm³/mol. The maximum atomic E-state index is 12.4. The van der Waals surface area contributed by atoms with Crippen LogP contribution in [0, 0.1) is 18.3 Å². The highest BCUT2D eigenvalue weighted by Crippen LogP contribution is 2.18. The fourth-order valence-electron chi connectivity index (χ4n) is 2.89. The summed E-state index contributed by atoms with van der Waals surface area (Å²) in [6.07, 6.45) is 1.50. The van der Waals surface area contributed by atoms with Crippen LogP contribution < -0.4 is 15.6 Å². The second-order valence-electron chi connectivity index (χ2n) is 6.89. The topological polar surface area (TPSA) is 109 Å². The molecule has 0 saturated carbocycles. The van der Waals surface area contributed by atoms with Gasteiger partial charge in [0.1, 0.15) is 29.0 Å². The van der Waals surface area contributed by atoms with Crippen molar-refractivity contribution < 1.29 is 9.53 Å². The molecule has 0 aliphatic heterocycles. The van der Waals surface area contributed by atoms with Crippen LogP contribution in [0.1, 0.15) is 16.3 Å². The minimum Gasteiger partial charge on any atom is -0.487 e. The van der Waals surface area contributed by atoms with Gasteiger partial charge in [-0.25, -0.2) is 4.98 Å². The number of hydrogen-bond acceptors (Lipinski definition) is 7. The highest BCUT2D eigenvalue weighted by atomic mass is 79.9. The number of halogens is 1. The number of hydrogen-bond donors (Lipinski definition) is 1. The summed E-state index contributed by atoms with van der Waals surface area (Å²) in [6.45, 7) is 1.93. The number of benzene rings is 2. The molecule has 0 fully saturated rings. The number of anilines is 1. The van der Waals surface area contributed by atoms with Crippen LogP contribution in [0.3, 0.4) is 0 Å². The smallest absolute Gasteiger partial charge is 0.275 e. The monoisotopic (exact) mass is 521 g/mol. The standard InChI is InChI=1S/C23H16BrN5O3S/c1-14-28-29-21(30)11-19(27-23(29)33-14)13-32-20-8-2-15(3-9-20)10-16(12-25)22(31)26-18-6-4-17(24)5-7-18/h2-11H,13H2,1H3,(H,26,31)/b16-10+. The summed E-state index contributed by atoms with van der Waals surface area (Å²) in [4.78, 5) is 29.5. The number of carbonyl (C=O) groups is 1. The molecule has 0 spiro atoms. The molecular weight excluding hydrogens is 506 g/mol. The van der Waals surface area contributed by atoms with Gasteiger partial charge in [0, 0.05) is 16.2 Å². The van der Waals surface area contributed by atoms with Crippen LogP contribution >= 0.6 is 27.3 Å². The van der Waals surface area contributed by atoms with Crippen LogP contribution in [0.4, 0.5) is 5.69 Å². The zero-order chi connectivity index (χ0) is 23.4. The number of nitrogens with zero attached hydrogens (tertiary/aromatic N) is 4. The quantitative estimate of drug-likeness (QED) is 0.298. The van der Waals surface area contributed by atoms with E-state index in [2.05, 4.69) is 31.3 Å². The van der Waals surface area contributed by atoms with Gasteiger partial charge in [0.2, 0.25) is 4.96 Å². The zero-order valence-corrected chi connectivity index (χ0v) is 19.7. The van der Waals surface area contributed by atoms with Gasteiger partial charge in [-0.3, -0.25) is 9.59 Å². The van der Waals surface area contributed by atoms with Crippen molar-refractivity contribution in [2.45, 2.75) is 13.5 Å². The summed E-state index contributed by atoms with van der Waals surface area (Å²) in [5, 5.41) is 17.0. The Morgan fingerprint density at radius 1 is 1.24 bits per heavy atom. The van der Waals surface area contributed by atoms with Gasteiger partial charge < -0.3 is 10.1 Å². The highest BCUT2D eigenvalue weighted by molar-refractivity contribution is 9.10. The van der Waals surface area contributed by atoms with Gasteiger partial charge in [-0.1, -0.05) is 39.4 Å². The molecule has 1 amide bonds. The zero-order valence-electron chi connectivity index (χ0n) is 17.3. The lowest BCUT2D eigenvalue weighted by Crippen LogP contribution is -2.16. The van der Waals surface area contributed by atoms with Crippen LogP contribution in [-0.2, 0) is 11.4 Å². The molecule has 10 heteroatoms. The van der Waals surface area contributed by atoms with E-state index in [0.717, 1.165) is 9.48 Å². The van der Waals surface area contributed by atoms with Gasteiger partial charge in [0.25, 0.3) is 11.5 Å². The third-order valence-corrected chi connectivity index (χ3v) is 5.80. The molecule has 33 heavy (non-hydrogen) atoms. The molecule has 0 bridgehead atoms. The molecule has 4 rings (SSSR count). The number of ether oxygens (including phenoxy) is 1. The molecule has 0 saturated heterocycles. The Morgan fingerprint density at radius 2 is 1.97 bits per heavy atom. The molecule has 1 N–H and O–H groups in total. The van der Waals surface area contributed by atoms with Gasteiger partial charge in [-0.05, 0) is 55.0 Å². The summed E-state index contributed by atoms with van der Waals surface area (Å²) < 4.78 is 7.89. The van der Waals surface area contributed by atoms with Gasteiger partial charge in [0.05, 0.1) is 5.69 Å². The molecule has 0 aliphatic rings. The molecule has 2 aromatic carbocycles. The van der Waals surface area contributed by atoms with Gasteiger partial charge in [-0.15, -0.1) is 0 Å². The van der Waals surface area contributed by atoms with Crippen LogP contribution in [0.25, 0.3) is 11.0 Å². The first kappa shape index (κ1) is 22.4. The number of rotatable bonds is 6. The summed E-state index contributed by atoms with van der Waals surface area (Å²) in [7, 11) is 0. The van der Waals surface area contributed by atoms with Crippen LogP contribution in [0.2, 0.25) is 0 Å². The van der Waals surface area contributed by atoms with E-state index in [1.54, 1.807) is 48.5 Å². The molecule has 2 heterocycles. The first-order valence-electron chi connectivity index (χ1n) is 9.69. The minimum absolute atomic E-state index is 0.0237. The molecule has 164 valence electrons. The van der Waals surface area contributed by atoms with E-state index in [1.807, 2.05) is 13.0 Å². The van der Waals surface area contributed by atoms with Gasteiger partial charge in [0.15, 0.2) is 0 Å². The third kappa shape index (κ3) is 5.52. The largest absolute Gasteiger partial charge is 0.487 e. The van der Waals surface area contributed by atoms with E-state index in [0.29, 0.717) is 27.7 Å². The maximum Gasteiger partial charge on any atom is 0.275 e. The van der Waals surface area contributed by atoms with E-state index in [1.165, 1.54) is 28.0 Å². The fraction of sp³-hybridized carbons (Fsp3) is 0.0870. The number of amides is 1. The molecule has 0 unspecified atom stereocenters. The molecule has 0 radical (unpaired) electrons. The molecule has 4 aromatic rings. The number of carbonyl (C=O) groups excluding carboxylic acids is 1. The van der Waals surface area contributed by atoms with Crippen molar-refractivity contribution in [2.24, 2.45) is 0 Å². The van der Waals surface area contributed by atoms with Crippen LogP contribution in [0.5, 0.6) is 5.75 Å². The highest BCUT2D eigenvalue weighted by Gasteiger charge is 2.10. The summed E-state index contributed by atoms with van der Waals surface area (Å²) >= 11 is 4.67. The van der Waals surface area contributed by atoms with Crippen molar-refractivity contribution in [3.05, 3.63) is 91.3 Å². The average molecular weight is 522 g/mol. The van der Waals surface area contributed by atoms with E-state index in [9.17, 15) is 14.9 Å². The lowest BCUT2D eigenvalue weighted by molar-refractivity contribution is -0.112. The number of nitrogens with one attached hydrogen (secondary N) is 1. The van der Waals surface area contributed by atoms with E-state index in [-0.39, 0.29) is 17.7 Å². The minimum atomic E-state index is -0.494. The SMILES string of the molecule is Cc1nn2c(=O)cc(COc3ccc(/C=C(\C#N)C(=O)Nc4ccc(Br)cc4)cc3)nc2s1. The van der Waals surface area contributed by atoms with Crippen molar-refractivity contribution in [3.8, 4) is 11.8 Å². The first-order valence-corrected chi connectivity index (χ1v) is 11.3. The average Bonchev–Trinajstić information content (AvgIpc) is 3.19. The molecule has 0 atom stereocenters. The van der Waals surface area contributed by atoms with Gasteiger partial charge in [-0.2, -0.15) is 14.9 Å². The van der Waals surface area contributed by atoms with E-state index >= 15 is 0 Å². The summed E-state index contributed by atoms with van der Waals surface area (Å²) in [5.74, 6) is 0.0682. The van der Waals surface area contributed by atoms with Crippen LogP contribution in [-0.4, -0.2) is 20.5 Å². The lowest BCUT2D eigenvalue weighted by atomic mass is 10.1. The third-order valence-electron chi connectivity index (χ3n) is 4.44. The number of nitriles is 1. The van der Waals surface area contributed by atoms with E-state index in [4.69, 9.17) is 4.74 Å². The van der Waals surface area contributed by atoms with Crippen molar-refractivity contribution in [1.29, 1.82) is 5.26 Å². The molecule has 2 aromatic heterocycles. The van der Waals surface area contributed by atoms with Crippen molar-refractivity contribution in [1.82, 2.24) is 14.6 Å². The van der Waals surface area contributed by atoms with Crippen LogP contribution in [0.15, 0.2) is 69.4 Å². The molecule has 8 nitrogen and oxygen atoms in total. The summed E-state index contributed by atoms with van der Waals surface area (Å²) in [5.41, 5.74) is 1.48. The van der Waals surface area contributed by atoms with Crippen molar-refractivity contribution in [3.63, 3.8) is 0 Å². The fourth-order valence-corrected chi connectivity index (χ4v) is 3.92. The first-order chi connectivity index (χ1) is 15.9. The maximum absolute atomic E-state index is 12.4. The Balaban J connectivity index is 1.42. The lowest BCUT2D eigenvalue weighted by Gasteiger charge is -2.07. The van der Waals surface area contributed by atoms with Crippen molar-refractivity contribution >= 4 is 49.9 Å². The van der Waals surface area contributed by atoms with E-state index < -0.39 is 5.91 Å². The normalized spacial score (nSPS) is 11.2. The Bertz CT molecular complexity index is 1450. The Labute approximate surface area is 200 Å². The Hall–Kier alpha value is -3.81. The summed E-state index contributed by atoms with van der Waals surface area (Å²) in [6, 6.07) is 17.3. The second kappa shape index (κ2) is 9.77. The Morgan fingerprint density at radius 3 is 2.67 bits per heavy atom. The number of aromatic nitrogens is 3. The predicted octanol–water partition coefficient (Wildman–Crippen LogP) is 4.35. The van der Waals surface area contributed by atoms with Gasteiger partial charge >= 0.3 is 0 Å². The molecular formula is C23H16BrN5O3S. The number of aryl methyl sites for hydroxylation is 1. The molecule has 0 aliphatic carbocycles.